The second kappa shape index (κ2) is 34.4. The third kappa shape index (κ3) is 23.0. The number of nitro benzene ring substituents is 1. The van der Waals surface area contributed by atoms with Gasteiger partial charge in [0.2, 0.25) is 6.10 Å². The Kier molecular flexibility index (Phi) is 26.9. The summed E-state index contributed by atoms with van der Waals surface area (Å²) in [4.78, 5) is 110. The number of rotatable bonds is 15. The van der Waals surface area contributed by atoms with E-state index in [0.717, 1.165) is 89.9 Å². The maximum absolute atomic E-state index is 12.4. The minimum absolute atomic E-state index is 0.0134. The number of ether oxygens (including phenoxy) is 9. The molecule has 0 bridgehead atoms. The van der Waals surface area contributed by atoms with E-state index in [9.17, 15) is 53.6 Å². The van der Waals surface area contributed by atoms with Gasteiger partial charge in [0.25, 0.3) is 17.5 Å². The standard InChI is InChI=1S/C24H27NO10.C19H24O6.C15H17NO5/c1-2-31-22(28)21(34-24(30)35-25-19(26)14-15-20(25)27)16-10-12-18(13-11-16)33-23(29)32-17-8-6-4-3-5-7-9-17;1-2-23-18(21)17(20)14-10-12-16(13-11-14)25-19(22)24-15-8-6-4-3-5-7-9-15;17-15(20-13-6-4-2-1-3-5-7-13)21-14-10-8-12(9-11-14)16(18)19/h6,8,10-13,17,21H,2-5,7,9,14-15H2,1H3;6,8,10-13,15,17,20H,2-5,7,9H2,1H3;4,6,8-11,13H,1-3,5,7H2/b2*8-6+;6-4+. The molecular weight excluding hydrogens is 1060 g/mol. The van der Waals surface area contributed by atoms with Crippen LogP contribution in [0.5, 0.6) is 17.2 Å². The van der Waals surface area contributed by atoms with Gasteiger partial charge in [-0.2, -0.15) is 0 Å². The van der Waals surface area contributed by atoms with Gasteiger partial charge >= 0.3 is 36.6 Å². The highest BCUT2D eigenvalue weighted by molar-refractivity contribution is 6.01. The van der Waals surface area contributed by atoms with Crippen LogP contribution in [-0.4, -0.2) is 95.0 Å². The van der Waals surface area contributed by atoms with E-state index < -0.39 is 65.5 Å². The van der Waals surface area contributed by atoms with Crippen molar-refractivity contribution in [2.75, 3.05) is 13.2 Å². The molecule has 3 aromatic rings. The Balaban J connectivity index is 0.000000232. The van der Waals surface area contributed by atoms with Crippen molar-refractivity contribution in [1.29, 1.82) is 0 Å². The fourth-order valence-electron chi connectivity index (χ4n) is 8.15. The third-order valence-corrected chi connectivity index (χ3v) is 12.3. The SMILES string of the molecule is CCOC(=O)C(O)c1ccc(OC(=O)OC2/C=C/CCCCC2)cc1.CCOC(=O)C(OC(=O)ON1C(=O)CCC1=O)c1ccc(OC(=O)OC2/C=C/CCCCC2)cc1.O=C(Oc1ccc([N+](=O)[O-])cc1)OC1/C=C/CCCCC1. The predicted molar refractivity (Wildman–Crippen MR) is 285 cm³/mol. The van der Waals surface area contributed by atoms with Crippen molar-refractivity contribution < 1.29 is 95.9 Å². The van der Waals surface area contributed by atoms with E-state index in [2.05, 4.69) is 4.84 Å². The fraction of sp³-hybridized carbons (Fsp3) is 0.448. The van der Waals surface area contributed by atoms with E-state index >= 15 is 0 Å². The van der Waals surface area contributed by atoms with Gasteiger partial charge in [-0.1, -0.05) is 66.8 Å². The number of hydrogen-bond donors (Lipinski definition) is 1. The average molecular weight is 1130 g/mol. The Morgan fingerprint density at radius 2 is 0.926 bits per heavy atom. The van der Waals surface area contributed by atoms with Crippen molar-refractivity contribution in [3.05, 3.63) is 130 Å². The summed E-state index contributed by atoms with van der Waals surface area (Å²) in [6, 6.07) is 16.8. The second-order valence-corrected chi connectivity index (χ2v) is 18.4. The van der Waals surface area contributed by atoms with Gasteiger partial charge in [-0.05, 0) is 151 Å². The summed E-state index contributed by atoms with van der Waals surface area (Å²) in [5.74, 6) is -2.35. The van der Waals surface area contributed by atoms with Crippen LogP contribution in [0.25, 0.3) is 0 Å². The summed E-state index contributed by atoms with van der Waals surface area (Å²) in [6.45, 7) is 3.44. The predicted octanol–water partition coefficient (Wildman–Crippen LogP) is 11.6. The highest BCUT2D eigenvalue weighted by atomic mass is 16.8. The Morgan fingerprint density at radius 3 is 1.32 bits per heavy atom. The summed E-state index contributed by atoms with van der Waals surface area (Å²) in [5.41, 5.74) is 0.490. The lowest BCUT2D eigenvalue weighted by molar-refractivity contribution is -0.384. The second-order valence-electron chi connectivity index (χ2n) is 18.4. The maximum Gasteiger partial charge on any atom is 0.535 e. The number of non-ortho nitro benzene ring substituents is 1. The number of nitro groups is 1. The van der Waals surface area contributed by atoms with Crippen LogP contribution in [0.1, 0.15) is 146 Å². The molecule has 5 atom stereocenters. The minimum Gasteiger partial charge on any atom is -0.464 e. The minimum atomic E-state index is -1.55. The number of allylic oxidation sites excluding steroid dienone is 3. The number of aliphatic hydroxyl groups excluding tert-OH is 1. The molecule has 3 aromatic carbocycles. The largest absolute Gasteiger partial charge is 0.535 e. The van der Waals surface area contributed by atoms with Gasteiger partial charge in [0.15, 0.2) is 6.10 Å². The summed E-state index contributed by atoms with van der Waals surface area (Å²) < 4.78 is 45.9. The molecular formula is C58H68N2O21. The Bertz CT molecular complexity index is 2630. The van der Waals surface area contributed by atoms with Crippen molar-refractivity contribution in [2.45, 2.75) is 154 Å². The Hall–Kier alpha value is -8.60. The van der Waals surface area contributed by atoms with E-state index in [1.54, 1.807) is 13.8 Å². The zero-order valence-electron chi connectivity index (χ0n) is 45.2. The van der Waals surface area contributed by atoms with Crippen LogP contribution in [0.4, 0.5) is 24.9 Å². The summed E-state index contributed by atoms with van der Waals surface area (Å²) in [7, 11) is 0. The first-order valence-corrected chi connectivity index (χ1v) is 27.0. The molecule has 0 saturated carbocycles. The molecule has 1 saturated heterocycles. The first-order chi connectivity index (χ1) is 39.1. The van der Waals surface area contributed by atoms with Gasteiger partial charge in [-0.3, -0.25) is 24.5 Å². The molecule has 5 unspecified atom stereocenters. The molecule has 2 amide bonds. The quantitative estimate of drug-likeness (QED) is 0.0281. The number of benzene rings is 3. The lowest BCUT2D eigenvalue weighted by atomic mass is 10.0. The van der Waals surface area contributed by atoms with Crippen LogP contribution in [0.15, 0.2) is 109 Å². The van der Waals surface area contributed by atoms with Gasteiger partial charge in [-0.25, -0.2) is 28.8 Å². The molecule has 436 valence electrons. The molecule has 4 aliphatic rings. The molecule has 0 spiro atoms. The number of carbonyl (C=O) groups is 8. The van der Waals surface area contributed by atoms with Crippen molar-refractivity contribution in [3.8, 4) is 17.2 Å². The first kappa shape index (κ1) is 63.2. The van der Waals surface area contributed by atoms with E-state index in [1.807, 2.05) is 36.5 Å². The summed E-state index contributed by atoms with van der Waals surface area (Å²) in [6.07, 6.45) is 18.8. The summed E-state index contributed by atoms with van der Waals surface area (Å²) in [5, 5.41) is 20.7. The number of hydrogen-bond acceptors (Lipinski definition) is 21. The zero-order chi connectivity index (χ0) is 58.4. The molecule has 0 radical (unpaired) electrons. The van der Waals surface area contributed by atoms with Crippen molar-refractivity contribution >= 4 is 54.1 Å². The smallest absolute Gasteiger partial charge is 0.464 e. The number of carbonyl (C=O) groups excluding carboxylic acids is 8. The topological polar surface area (TPSA) is 295 Å². The van der Waals surface area contributed by atoms with Gasteiger partial charge in [0.05, 0.1) is 18.1 Å². The number of amides is 2. The molecule has 1 heterocycles. The molecule has 7 rings (SSSR count). The Morgan fingerprint density at radius 1 is 0.543 bits per heavy atom. The van der Waals surface area contributed by atoms with Gasteiger partial charge in [-0.15, -0.1) is 0 Å². The molecule has 23 nitrogen and oxygen atoms in total. The average Bonchev–Trinajstić information content (AvgIpc) is 3.74. The number of esters is 2. The molecule has 1 N–H and O–H groups in total. The van der Waals surface area contributed by atoms with Gasteiger partial charge < -0.3 is 47.7 Å². The molecule has 23 heteroatoms. The zero-order valence-corrected chi connectivity index (χ0v) is 45.2. The molecule has 1 aliphatic heterocycles. The van der Waals surface area contributed by atoms with Crippen LogP contribution in [0.2, 0.25) is 0 Å². The Labute approximate surface area is 468 Å². The number of aliphatic hydroxyl groups is 1. The number of nitrogens with zero attached hydrogens (tertiary/aromatic N) is 2. The van der Waals surface area contributed by atoms with Crippen molar-refractivity contribution in [3.63, 3.8) is 0 Å². The highest BCUT2D eigenvalue weighted by Gasteiger charge is 2.36. The van der Waals surface area contributed by atoms with Crippen LogP contribution >= 0.6 is 0 Å². The van der Waals surface area contributed by atoms with Crippen LogP contribution < -0.4 is 14.2 Å². The van der Waals surface area contributed by atoms with E-state index in [1.165, 1.54) is 72.8 Å². The molecule has 81 heavy (non-hydrogen) atoms. The molecule has 3 aliphatic carbocycles. The van der Waals surface area contributed by atoms with Crippen LogP contribution in [-0.2, 0) is 52.4 Å². The highest BCUT2D eigenvalue weighted by Crippen LogP contribution is 2.26. The number of imide groups is 1. The van der Waals surface area contributed by atoms with E-state index in [4.69, 9.17) is 42.6 Å². The maximum atomic E-state index is 12.4. The van der Waals surface area contributed by atoms with Crippen molar-refractivity contribution in [1.82, 2.24) is 5.06 Å². The lowest BCUT2D eigenvalue weighted by Crippen LogP contribution is -2.33. The van der Waals surface area contributed by atoms with E-state index in [-0.39, 0.29) is 72.9 Å². The molecule has 1 fully saturated rings. The monoisotopic (exact) mass is 1130 g/mol. The first-order valence-electron chi connectivity index (χ1n) is 27.0. The number of hydroxylamine groups is 2. The fourth-order valence-corrected chi connectivity index (χ4v) is 8.15. The van der Waals surface area contributed by atoms with Crippen LogP contribution in [0, 0.1) is 10.1 Å². The molecule has 0 aromatic heterocycles. The third-order valence-electron chi connectivity index (χ3n) is 12.3. The normalized spacial score (nSPS) is 19.8. The van der Waals surface area contributed by atoms with Gasteiger partial charge in [0, 0.05) is 30.5 Å². The van der Waals surface area contributed by atoms with Gasteiger partial charge in [0.1, 0.15) is 35.6 Å². The van der Waals surface area contributed by atoms with Crippen LogP contribution in [0.3, 0.4) is 0 Å². The van der Waals surface area contributed by atoms with Crippen molar-refractivity contribution in [2.24, 2.45) is 0 Å². The lowest BCUT2D eigenvalue weighted by Gasteiger charge is -2.18. The van der Waals surface area contributed by atoms with E-state index in [0.29, 0.717) is 17.0 Å². The summed E-state index contributed by atoms with van der Waals surface area (Å²) >= 11 is 0.